The summed E-state index contributed by atoms with van der Waals surface area (Å²) in [6.07, 6.45) is 5.21. The van der Waals surface area contributed by atoms with E-state index in [4.69, 9.17) is 9.47 Å². The first-order valence-corrected chi connectivity index (χ1v) is 20.1. The van der Waals surface area contributed by atoms with Gasteiger partial charge in [-0.25, -0.2) is 0 Å². The molecule has 1 saturated heterocycles. The number of ketones is 1. The van der Waals surface area contributed by atoms with Crippen LogP contribution in [-0.4, -0.2) is 116 Å². The maximum absolute atomic E-state index is 14.5. The summed E-state index contributed by atoms with van der Waals surface area (Å²) in [7, 11) is 3.12. The summed E-state index contributed by atoms with van der Waals surface area (Å²) in [6, 6.07) is 11.8. The van der Waals surface area contributed by atoms with Gasteiger partial charge in [0, 0.05) is 33.5 Å². The summed E-state index contributed by atoms with van der Waals surface area (Å²) in [5.74, 6) is -3.90. The molecule has 0 radical (unpaired) electrons. The summed E-state index contributed by atoms with van der Waals surface area (Å²) in [5, 5.41) is 10.7. The number of benzene rings is 2. The lowest BCUT2D eigenvalue weighted by Gasteiger charge is -2.35. The highest BCUT2D eigenvalue weighted by atomic mass is 16.5. The van der Waals surface area contributed by atoms with Crippen LogP contribution in [0.4, 0.5) is 0 Å². The smallest absolute Gasteiger partial charge is 0.290 e. The molecule has 15 nitrogen and oxygen atoms in total. The number of amides is 6. The average Bonchev–Trinajstić information content (AvgIpc) is 3.65. The van der Waals surface area contributed by atoms with Crippen molar-refractivity contribution in [1.82, 2.24) is 31.1 Å². The number of hydrogen-bond donors (Lipinski definition) is 4. The van der Waals surface area contributed by atoms with Crippen LogP contribution in [0.2, 0.25) is 0 Å². The zero-order valence-corrected chi connectivity index (χ0v) is 33.1. The Morgan fingerprint density at radius 1 is 0.930 bits per heavy atom. The Kier molecular flexibility index (Phi) is 15.6. The van der Waals surface area contributed by atoms with E-state index >= 15 is 0 Å². The fourth-order valence-corrected chi connectivity index (χ4v) is 7.73. The second kappa shape index (κ2) is 20.7. The highest BCUT2D eigenvalue weighted by Crippen LogP contribution is 2.30. The number of ether oxygens (including phenoxy) is 2. The average molecular weight is 789 g/mol. The molecule has 2 aromatic carbocycles. The predicted octanol–water partition coefficient (Wildman–Crippen LogP) is 1.98. The highest BCUT2D eigenvalue weighted by molar-refractivity contribution is 6.38. The van der Waals surface area contributed by atoms with Crippen molar-refractivity contribution in [3.05, 3.63) is 65.7 Å². The minimum atomic E-state index is -1.24. The molecule has 1 aliphatic carbocycles. The number of nitrogens with zero attached hydrogens (tertiary/aromatic N) is 2. The Bertz CT molecular complexity index is 1750. The quantitative estimate of drug-likeness (QED) is 0.233. The highest BCUT2D eigenvalue weighted by Gasteiger charge is 2.45. The molecule has 2 fully saturated rings. The zero-order chi connectivity index (χ0) is 40.9. The number of fused-ring (bicyclic) bond motifs is 4. The van der Waals surface area contributed by atoms with E-state index < -0.39 is 60.3 Å². The zero-order valence-electron chi connectivity index (χ0n) is 33.1. The first-order valence-electron chi connectivity index (χ1n) is 20.1. The predicted molar refractivity (Wildman–Crippen MR) is 209 cm³/mol. The van der Waals surface area contributed by atoms with Crippen molar-refractivity contribution in [2.45, 2.75) is 101 Å². The van der Waals surface area contributed by atoms with Gasteiger partial charge < -0.3 is 40.5 Å². The Balaban J connectivity index is 1.28. The minimum absolute atomic E-state index is 0.0513. The van der Waals surface area contributed by atoms with E-state index in [1.54, 1.807) is 51.4 Å². The molecule has 2 aliphatic heterocycles. The van der Waals surface area contributed by atoms with E-state index in [-0.39, 0.29) is 49.4 Å². The van der Waals surface area contributed by atoms with Crippen LogP contribution in [0.25, 0.3) is 0 Å². The van der Waals surface area contributed by atoms with Crippen LogP contribution in [0.15, 0.2) is 54.6 Å². The summed E-state index contributed by atoms with van der Waals surface area (Å²) < 4.78 is 12.1. The fraction of sp³-hybridized carbons (Fsp3) is 0.548. The topological polar surface area (TPSA) is 193 Å². The van der Waals surface area contributed by atoms with Crippen LogP contribution in [0.1, 0.15) is 81.9 Å². The molecule has 5 rings (SSSR count). The number of Topliss-reactive ketones (excluding diaryl/α,β-unsaturated/α-hetero) is 1. The lowest BCUT2D eigenvalue weighted by Crippen LogP contribution is -2.58. The van der Waals surface area contributed by atoms with E-state index in [0.29, 0.717) is 37.4 Å². The van der Waals surface area contributed by atoms with Crippen molar-refractivity contribution in [3.8, 4) is 5.75 Å². The van der Waals surface area contributed by atoms with Crippen LogP contribution < -0.4 is 26.0 Å². The van der Waals surface area contributed by atoms with E-state index in [1.165, 1.54) is 9.80 Å². The van der Waals surface area contributed by atoms with Crippen molar-refractivity contribution >= 4 is 41.2 Å². The number of carbonyl (C=O) groups excluding carboxylic acids is 7. The molecule has 15 heteroatoms. The van der Waals surface area contributed by atoms with E-state index in [9.17, 15) is 33.6 Å². The first-order chi connectivity index (χ1) is 27.4. The van der Waals surface area contributed by atoms with Crippen LogP contribution in [0, 0.1) is 5.92 Å². The van der Waals surface area contributed by atoms with Gasteiger partial charge >= 0.3 is 0 Å². The van der Waals surface area contributed by atoms with Crippen molar-refractivity contribution < 1.29 is 43.0 Å². The molecule has 4 N–H and O–H groups in total. The van der Waals surface area contributed by atoms with Gasteiger partial charge in [-0.2, -0.15) is 0 Å². The molecule has 2 heterocycles. The Labute approximate surface area is 333 Å². The number of nitrogens with one attached hydrogen (secondary N) is 4. The van der Waals surface area contributed by atoms with Gasteiger partial charge in [-0.1, -0.05) is 75.1 Å². The summed E-state index contributed by atoms with van der Waals surface area (Å²) in [5.41, 5.74) is 1.29. The maximum atomic E-state index is 14.5. The molecule has 2 aromatic rings. The van der Waals surface area contributed by atoms with E-state index in [2.05, 4.69) is 21.3 Å². The number of hydrogen-bond acceptors (Lipinski definition) is 9. The van der Waals surface area contributed by atoms with Gasteiger partial charge in [0.15, 0.2) is 0 Å². The van der Waals surface area contributed by atoms with Crippen LogP contribution in [-0.2, 0) is 44.7 Å². The molecule has 0 spiro atoms. The van der Waals surface area contributed by atoms with Crippen LogP contribution in [0.5, 0.6) is 5.75 Å². The molecule has 6 amide bonds. The van der Waals surface area contributed by atoms with Gasteiger partial charge in [0.25, 0.3) is 5.91 Å². The molecule has 5 atom stereocenters. The summed E-state index contributed by atoms with van der Waals surface area (Å²) in [4.78, 5) is 97.4. The normalized spacial score (nSPS) is 21.6. The van der Waals surface area contributed by atoms with Gasteiger partial charge in [0.1, 0.15) is 23.9 Å². The molecule has 3 aliphatic rings. The Hall–Kier alpha value is -5.31. The fourth-order valence-electron chi connectivity index (χ4n) is 7.73. The largest absolute Gasteiger partial charge is 0.493 e. The van der Waals surface area contributed by atoms with Crippen LogP contribution >= 0.6 is 0 Å². The second-order valence-electron chi connectivity index (χ2n) is 15.2. The van der Waals surface area contributed by atoms with Gasteiger partial charge in [0.05, 0.1) is 38.3 Å². The summed E-state index contributed by atoms with van der Waals surface area (Å²) >= 11 is 0. The minimum Gasteiger partial charge on any atom is -0.493 e. The molecule has 4 bridgehead atoms. The Morgan fingerprint density at radius 3 is 2.40 bits per heavy atom. The molecule has 1 saturated carbocycles. The molecule has 57 heavy (non-hydrogen) atoms. The first kappa shape index (κ1) is 42.8. The van der Waals surface area contributed by atoms with E-state index in [0.717, 1.165) is 37.7 Å². The lowest BCUT2D eigenvalue weighted by molar-refractivity contribution is -0.144. The van der Waals surface area contributed by atoms with Crippen molar-refractivity contribution in [1.29, 1.82) is 0 Å². The number of likely N-dealkylation sites (N-methyl/N-ethyl adjacent to an activating group) is 1. The lowest BCUT2D eigenvalue weighted by atomic mass is 9.83. The third kappa shape index (κ3) is 11.9. The molecule has 0 aromatic heterocycles. The Morgan fingerprint density at radius 2 is 1.68 bits per heavy atom. The van der Waals surface area contributed by atoms with Crippen molar-refractivity contribution in [2.75, 3.05) is 40.4 Å². The van der Waals surface area contributed by atoms with Gasteiger partial charge in [0.2, 0.25) is 35.3 Å². The molecular weight excluding hydrogens is 732 g/mol. The monoisotopic (exact) mass is 788 g/mol. The van der Waals surface area contributed by atoms with Gasteiger partial charge in [-0.15, -0.1) is 0 Å². The molecular formula is C42H56N6O9. The SMILES string of the molecule is CCC[C@H](NC(=O)[C@@H]1C[C@@H]2CN1C(=O)[C@H](C1CCCCC1)NC(=O)Cc1cccc(c1)OCCCO2)C(=O)C(=O)NCC(=O)N[C@H](C(=O)N(C)C)c1ccccc1. The molecule has 308 valence electrons. The third-order valence-corrected chi connectivity index (χ3v) is 10.7. The second-order valence-corrected chi connectivity index (χ2v) is 15.2. The standard InChI is InChI=1S/C42H56N6O9/c1-4-13-32(38(51)40(53)43-25-35(50)46-36(41(54)47(2)3)28-15-7-5-8-16-28)44-39(52)33-24-31-26-48(33)42(55)37(29-17-9-6-10-18-29)45-34(49)23-27-14-11-19-30(22-27)56-20-12-21-57-31/h5,7-8,11,14-16,19,22,29,31-33,36-37H,4,6,9-10,12-13,17-18,20-21,23-26H2,1-3H3,(H,43,53)(H,44,52)(H,45,49)(H,46,50)/t31-,32+,33+,36+,37+/m1/s1. The van der Waals surface area contributed by atoms with Crippen molar-refractivity contribution in [3.63, 3.8) is 0 Å². The van der Waals surface area contributed by atoms with E-state index in [1.807, 2.05) is 24.3 Å². The number of rotatable bonds is 12. The van der Waals surface area contributed by atoms with Crippen LogP contribution in [0.3, 0.4) is 0 Å². The van der Waals surface area contributed by atoms with Crippen molar-refractivity contribution in [2.24, 2.45) is 5.92 Å². The molecule has 0 unspecified atom stereocenters. The number of carbonyl (C=O) groups is 7. The maximum Gasteiger partial charge on any atom is 0.290 e. The van der Waals surface area contributed by atoms with Gasteiger partial charge in [-0.05, 0) is 48.4 Å². The van der Waals surface area contributed by atoms with Gasteiger partial charge in [-0.3, -0.25) is 33.6 Å². The summed E-state index contributed by atoms with van der Waals surface area (Å²) in [6.45, 7) is 2.01. The third-order valence-electron chi connectivity index (χ3n) is 10.7.